The van der Waals surface area contributed by atoms with Gasteiger partial charge in [-0.15, -0.1) is 0 Å². The van der Waals surface area contributed by atoms with Crippen LogP contribution in [0.4, 0.5) is 4.79 Å². The number of fused-ring (bicyclic) bond motifs is 1. The van der Waals surface area contributed by atoms with E-state index in [1.165, 1.54) is 4.31 Å². The number of carbonyl (C=O) groups is 1. The molecule has 3 aliphatic heterocycles. The monoisotopic (exact) mass is 442 g/mol. The average Bonchev–Trinajstić information content (AvgIpc) is 3.14. The summed E-state index contributed by atoms with van der Waals surface area (Å²) in [6.45, 7) is 1.81. The third-order valence-corrected chi connectivity index (χ3v) is 8.76. The molecule has 0 radical (unpaired) electrons. The summed E-state index contributed by atoms with van der Waals surface area (Å²) < 4.78 is 34.2. The number of hydrogen-bond donors (Lipinski definition) is 1. The Balaban J connectivity index is 1.26. The Kier molecular flexibility index (Phi) is 5.19. The van der Waals surface area contributed by atoms with Crippen LogP contribution in [0, 0.1) is 0 Å². The number of nitrogens with zero attached hydrogens (tertiary/aromatic N) is 3. The minimum atomic E-state index is -3.50. The Morgan fingerprint density at radius 3 is 2.68 bits per heavy atom. The van der Waals surface area contributed by atoms with Gasteiger partial charge < -0.3 is 15.0 Å². The van der Waals surface area contributed by atoms with E-state index >= 15 is 0 Å². The first kappa shape index (κ1) is 20.4. The number of aromatic nitrogens is 1. The summed E-state index contributed by atoms with van der Waals surface area (Å²) in [4.78, 5) is 18.5. The third kappa shape index (κ3) is 3.81. The third-order valence-electron chi connectivity index (χ3n) is 6.44. The summed E-state index contributed by atoms with van der Waals surface area (Å²) >= 11 is 0. The second-order valence-electron chi connectivity index (χ2n) is 8.55. The maximum atomic E-state index is 13.2. The van der Waals surface area contributed by atoms with Gasteiger partial charge in [-0.1, -0.05) is 30.3 Å². The number of hydrogen-bond acceptors (Lipinski definition) is 5. The number of pyridine rings is 1. The summed E-state index contributed by atoms with van der Waals surface area (Å²) in [5, 5.41) is 2.38. The van der Waals surface area contributed by atoms with Crippen LogP contribution in [-0.2, 0) is 27.7 Å². The number of likely N-dealkylation sites (tertiary alicyclic amines) is 1. The molecule has 2 aromatic rings. The highest BCUT2D eigenvalue weighted by atomic mass is 32.2. The Morgan fingerprint density at radius 1 is 1.13 bits per heavy atom. The van der Waals surface area contributed by atoms with Crippen LogP contribution in [0.1, 0.15) is 17.5 Å². The van der Waals surface area contributed by atoms with Crippen LogP contribution < -0.4 is 5.32 Å². The number of amides is 2. The van der Waals surface area contributed by atoms with Gasteiger partial charge in [0.2, 0.25) is 10.0 Å². The molecular formula is C22H26N4O4S. The lowest BCUT2D eigenvalue weighted by Gasteiger charge is -2.39. The largest absolute Gasteiger partial charge is 0.365 e. The fourth-order valence-electron chi connectivity index (χ4n) is 5.01. The topological polar surface area (TPSA) is 91.8 Å². The van der Waals surface area contributed by atoms with Gasteiger partial charge in [-0.25, -0.2) is 13.2 Å². The maximum Gasteiger partial charge on any atom is 0.317 e. The number of nitrogens with one attached hydrogen (secondary N) is 1. The Morgan fingerprint density at radius 2 is 1.90 bits per heavy atom. The number of rotatable bonds is 5. The van der Waals surface area contributed by atoms with Crippen molar-refractivity contribution in [3.8, 4) is 0 Å². The van der Waals surface area contributed by atoms with Crippen LogP contribution in [0.3, 0.4) is 0 Å². The second-order valence-corrected chi connectivity index (χ2v) is 10.7. The summed E-state index contributed by atoms with van der Waals surface area (Å²) in [6, 6.07) is 13.5. The average molecular weight is 443 g/mol. The summed E-state index contributed by atoms with van der Waals surface area (Å²) in [6.07, 6.45) is 4.26. The van der Waals surface area contributed by atoms with Crippen molar-refractivity contribution in [2.75, 3.05) is 26.2 Å². The fraction of sp³-hybridized carbons (Fsp3) is 0.455. The molecule has 9 heteroatoms. The molecule has 31 heavy (non-hydrogen) atoms. The molecule has 3 fully saturated rings. The lowest BCUT2D eigenvalue weighted by molar-refractivity contribution is -0.0957. The maximum absolute atomic E-state index is 13.2. The highest BCUT2D eigenvalue weighted by Crippen LogP contribution is 2.46. The number of urea groups is 1. The lowest BCUT2D eigenvalue weighted by atomic mass is 9.99. The molecule has 4 heterocycles. The standard InChI is InChI=1S/C22H26N4O4S/c27-21(24-11-8-17-4-2-1-3-5-17)25-14-19-12-20-22(15-25,30-19)16-26(31(20,28)29)13-18-6-9-23-10-7-18/h1-7,9-10,19-20H,8,11-16H2,(H,24,27)/t19-,20+,22+/m0/s1. The van der Waals surface area contributed by atoms with E-state index < -0.39 is 20.9 Å². The van der Waals surface area contributed by atoms with Crippen LogP contribution in [-0.4, -0.2) is 71.8 Å². The van der Waals surface area contributed by atoms with Gasteiger partial charge in [0.1, 0.15) is 10.9 Å². The Hall–Kier alpha value is -2.49. The van der Waals surface area contributed by atoms with Crippen molar-refractivity contribution in [3.05, 3.63) is 66.0 Å². The summed E-state index contributed by atoms with van der Waals surface area (Å²) in [5.41, 5.74) is 1.20. The van der Waals surface area contributed by atoms with Crippen LogP contribution in [0.5, 0.6) is 0 Å². The van der Waals surface area contributed by atoms with Gasteiger partial charge in [0.05, 0.1) is 12.6 Å². The predicted molar refractivity (Wildman–Crippen MR) is 115 cm³/mol. The van der Waals surface area contributed by atoms with Crippen LogP contribution in [0.25, 0.3) is 0 Å². The summed E-state index contributed by atoms with van der Waals surface area (Å²) in [5.74, 6) is 0. The van der Waals surface area contributed by atoms with Crippen molar-refractivity contribution in [2.45, 2.75) is 36.3 Å². The molecule has 0 saturated carbocycles. The van der Waals surface area contributed by atoms with E-state index in [1.807, 2.05) is 42.5 Å². The number of ether oxygens (including phenoxy) is 1. The molecule has 8 nitrogen and oxygen atoms in total. The minimum absolute atomic E-state index is 0.158. The van der Waals surface area contributed by atoms with E-state index in [2.05, 4.69) is 10.3 Å². The summed E-state index contributed by atoms with van der Waals surface area (Å²) in [7, 11) is -3.50. The zero-order valence-corrected chi connectivity index (χ0v) is 18.0. The first-order chi connectivity index (χ1) is 15.0. The van der Waals surface area contributed by atoms with Gasteiger partial charge in [0.25, 0.3) is 0 Å². The highest BCUT2D eigenvalue weighted by molar-refractivity contribution is 7.90. The number of benzene rings is 1. The molecule has 1 aromatic carbocycles. The second kappa shape index (κ2) is 7.89. The molecule has 3 saturated heterocycles. The number of morpholine rings is 1. The predicted octanol–water partition coefficient (Wildman–Crippen LogP) is 1.39. The van der Waals surface area contributed by atoms with E-state index in [9.17, 15) is 13.2 Å². The number of sulfonamides is 1. The molecule has 1 N–H and O–H groups in total. The van der Waals surface area contributed by atoms with Crippen molar-refractivity contribution in [1.29, 1.82) is 0 Å². The van der Waals surface area contributed by atoms with Gasteiger partial charge in [0.15, 0.2) is 0 Å². The van der Waals surface area contributed by atoms with Gasteiger partial charge in [-0.05, 0) is 36.1 Å². The molecule has 1 aromatic heterocycles. The van der Waals surface area contributed by atoms with Crippen LogP contribution >= 0.6 is 0 Å². The van der Waals surface area contributed by atoms with E-state index in [-0.39, 0.29) is 25.2 Å². The molecule has 0 aliphatic carbocycles. The Bertz CT molecular complexity index is 1050. The normalized spacial score (nSPS) is 29.0. The van der Waals surface area contributed by atoms with Crippen molar-refractivity contribution in [2.24, 2.45) is 0 Å². The molecule has 164 valence electrons. The van der Waals surface area contributed by atoms with Gasteiger partial charge in [-0.3, -0.25) is 4.98 Å². The minimum Gasteiger partial charge on any atom is -0.365 e. The quantitative estimate of drug-likeness (QED) is 0.756. The van der Waals surface area contributed by atoms with E-state index in [1.54, 1.807) is 17.3 Å². The molecule has 3 atom stereocenters. The van der Waals surface area contributed by atoms with Gasteiger partial charge in [-0.2, -0.15) is 4.31 Å². The van der Waals surface area contributed by atoms with E-state index in [0.717, 1.165) is 17.5 Å². The van der Waals surface area contributed by atoms with Crippen LogP contribution in [0.15, 0.2) is 54.9 Å². The number of carbonyl (C=O) groups excluding carboxylic acids is 1. The lowest BCUT2D eigenvalue weighted by Crippen LogP contribution is -2.58. The van der Waals surface area contributed by atoms with Crippen molar-refractivity contribution in [3.63, 3.8) is 0 Å². The van der Waals surface area contributed by atoms with Crippen LogP contribution in [0.2, 0.25) is 0 Å². The zero-order valence-electron chi connectivity index (χ0n) is 17.2. The molecule has 2 amide bonds. The fourth-order valence-corrected chi connectivity index (χ4v) is 7.30. The van der Waals surface area contributed by atoms with Crippen molar-refractivity contribution in [1.82, 2.24) is 19.5 Å². The Labute approximate surface area is 182 Å². The van der Waals surface area contributed by atoms with Gasteiger partial charge in [0, 0.05) is 38.6 Å². The molecule has 2 bridgehead atoms. The molecule has 0 unspecified atom stereocenters. The molecule has 1 spiro atoms. The zero-order chi connectivity index (χ0) is 21.5. The van der Waals surface area contributed by atoms with E-state index in [0.29, 0.717) is 26.1 Å². The van der Waals surface area contributed by atoms with Gasteiger partial charge >= 0.3 is 6.03 Å². The molecular weight excluding hydrogens is 416 g/mol. The smallest absolute Gasteiger partial charge is 0.317 e. The van der Waals surface area contributed by atoms with Crippen molar-refractivity contribution < 1.29 is 17.9 Å². The highest BCUT2D eigenvalue weighted by Gasteiger charge is 2.65. The van der Waals surface area contributed by atoms with E-state index in [4.69, 9.17) is 4.74 Å². The first-order valence-corrected chi connectivity index (χ1v) is 12.1. The molecule has 3 aliphatic rings. The van der Waals surface area contributed by atoms with Crippen molar-refractivity contribution >= 4 is 16.1 Å². The SMILES string of the molecule is O=C(NCCc1ccccc1)N1C[C@@H]2C[C@@H]3[C@@](C1)(CN(Cc1ccncc1)S3(=O)=O)O2. The first-order valence-electron chi connectivity index (χ1n) is 10.6. The molecule has 5 rings (SSSR count).